The van der Waals surface area contributed by atoms with Crippen molar-refractivity contribution < 1.29 is 9.47 Å². The van der Waals surface area contributed by atoms with Gasteiger partial charge in [-0.1, -0.05) is 6.07 Å². The van der Waals surface area contributed by atoms with Crippen LogP contribution in [0.4, 0.5) is 17.5 Å². The fourth-order valence-corrected chi connectivity index (χ4v) is 3.47. The Hall–Kier alpha value is -3.72. The molecule has 0 radical (unpaired) electrons. The van der Waals surface area contributed by atoms with Crippen LogP contribution in [0.2, 0.25) is 0 Å². The van der Waals surface area contributed by atoms with Crippen LogP contribution >= 0.6 is 0 Å². The molecule has 1 aliphatic rings. The molecule has 1 aliphatic heterocycles. The van der Waals surface area contributed by atoms with Gasteiger partial charge in [0.25, 0.3) is 0 Å². The number of methoxy groups -OCH3 is 1. The summed E-state index contributed by atoms with van der Waals surface area (Å²) in [7, 11) is 3.54. The predicted molar refractivity (Wildman–Crippen MR) is 119 cm³/mol. The van der Waals surface area contributed by atoms with E-state index in [0.29, 0.717) is 18.2 Å². The number of aromatic nitrogens is 5. The van der Waals surface area contributed by atoms with Crippen LogP contribution in [0.5, 0.6) is 5.75 Å². The monoisotopic (exact) mass is 417 g/mol. The van der Waals surface area contributed by atoms with Crippen molar-refractivity contribution in [2.45, 2.75) is 12.5 Å². The lowest BCUT2D eigenvalue weighted by molar-refractivity contribution is -0.0410. The van der Waals surface area contributed by atoms with Crippen molar-refractivity contribution in [3.63, 3.8) is 0 Å². The molecule has 0 saturated carbocycles. The van der Waals surface area contributed by atoms with E-state index in [-0.39, 0.29) is 6.10 Å². The van der Waals surface area contributed by atoms with E-state index in [4.69, 9.17) is 14.5 Å². The molecule has 1 aromatic carbocycles. The van der Waals surface area contributed by atoms with Crippen LogP contribution in [-0.2, 0) is 11.8 Å². The van der Waals surface area contributed by atoms with Crippen molar-refractivity contribution in [3.05, 3.63) is 49.1 Å². The third kappa shape index (κ3) is 3.99. The summed E-state index contributed by atoms with van der Waals surface area (Å²) in [6.07, 6.45) is 8.62. The molecular formula is C22H23N7O2. The van der Waals surface area contributed by atoms with Gasteiger partial charge in [-0.15, -0.1) is 0 Å². The summed E-state index contributed by atoms with van der Waals surface area (Å²) in [4.78, 5) is 13.6. The molecule has 0 amide bonds. The van der Waals surface area contributed by atoms with E-state index in [2.05, 4.69) is 25.7 Å². The van der Waals surface area contributed by atoms with Gasteiger partial charge in [-0.05, 0) is 30.2 Å². The van der Waals surface area contributed by atoms with Crippen LogP contribution < -0.4 is 15.4 Å². The molecule has 1 unspecified atom stereocenters. The fraction of sp³-hybridized carbons (Fsp3) is 0.273. The Morgan fingerprint density at radius 3 is 2.84 bits per heavy atom. The van der Waals surface area contributed by atoms with Crippen molar-refractivity contribution in [2.75, 3.05) is 30.9 Å². The normalized spacial score (nSPS) is 15.5. The maximum absolute atomic E-state index is 5.60. The van der Waals surface area contributed by atoms with E-state index in [0.717, 1.165) is 46.6 Å². The second-order valence-electron chi connectivity index (χ2n) is 7.40. The van der Waals surface area contributed by atoms with Gasteiger partial charge < -0.3 is 20.1 Å². The minimum Gasteiger partial charge on any atom is -0.495 e. The van der Waals surface area contributed by atoms with Crippen LogP contribution in [0.25, 0.3) is 22.0 Å². The molecule has 3 aromatic heterocycles. The molecule has 9 nitrogen and oxygen atoms in total. The number of nitrogens with one attached hydrogen (secondary N) is 2. The van der Waals surface area contributed by atoms with Crippen molar-refractivity contribution >= 4 is 28.4 Å². The zero-order valence-electron chi connectivity index (χ0n) is 17.4. The molecule has 0 aliphatic carbocycles. The summed E-state index contributed by atoms with van der Waals surface area (Å²) in [6, 6.07) is 7.82. The minimum absolute atomic E-state index is 0.235. The number of benzene rings is 1. The number of anilines is 3. The molecule has 31 heavy (non-hydrogen) atoms. The number of pyridine rings is 1. The summed E-state index contributed by atoms with van der Waals surface area (Å²) in [5, 5.41) is 11.8. The van der Waals surface area contributed by atoms with Gasteiger partial charge in [-0.2, -0.15) is 5.10 Å². The molecule has 158 valence electrons. The number of aryl methyl sites for hydroxylation is 1. The van der Waals surface area contributed by atoms with Gasteiger partial charge in [0.15, 0.2) is 5.82 Å². The van der Waals surface area contributed by atoms with E-state index in [1.807, 2.05) is 43.7 Å². The Bertz CT molecular complexity index is 1220. The fourth-order valence-electron chi connectivity index (χ4n) is 3.47. The zero-order valence-corrected chi connectivity index (χ0v) is 17.4. The molecule has 5 rings (SSSR count). The highest BCUT2D eigenvalue weighted by atomic mass is 16.5. The standard InChI is InChI=1S/C22H23N7O2/c1-29-13-16(11-26-29)14-3-4-18(19(9-14)30-2)27-22-25-10-15-5-7-23-21(20(15)28-22)24-12-17-6-8-31-17/h3-5,7,9-11,13,17H,6,8,12H2,1-2H3,(H,23,24)(H,25,27,28). The molecule has 1 fully saturated rings. The molecule has 0 spiro atoms. The van der Waals surface area contributed by atoms with Crippen LogP contribution in [0.15, 0.2) is 49.1 Å². The minimum atomic E-state index is 0.235. The molecule has 9 heteroatoms. The molecule has 4 heterocycles. The van der Waals surface area contributed by atoms with E-state index in [9.17, 15) is 0 Å². The van der Waals surface area contributed by atoms with Crippen molar-refractivity contribution in [1.82, 2.24) is 24.7 Å². The van der Waals surface area contributed by atoms with Gasteiger partial charge in [0, 0.05) is 49.7 Å². The Balaban J connectivity index is 1.41. The first-order valence-electron chi connectivity index (χ1n) is 10.1. The Labute approximate surface area is 179 Å². The highest BCUT2D eigenvalue weighted by molar-refractivity contribution is 5.88. The molecule has 4 aromatic rings. The topological polar surface area (TPSA) is 99.0 Å². The summed E-state index contributed by atoms with van der Waals surface area (Å²) in [5.74, 6) is 1.88. The second kappa shape index (κ2) is 8.19. The largest absolute Gasteiger partial charge is 0.495 e. The summed E-state index contributed by atoms with van der Waals surface area (Å²) < 4.78 is 12.9. The van der Waals surface area contributed by atoms with Crippen molar-refractivity contribution in [3.8, 4) is 16.9 Å². The SMILES string of the molecule is COc1cc(-c2cnn(C)c2)ccc1Nc1ncc2ccnc(NCC3CCO3)c2n1. The number of hydrogen-bond acceptors (Lipinski definition) is 8. The van der Waals surface area contributed by atoms with Crippen LogP contribution in [-0.4, -0.2) is 51.1 Å². The van der Waals surface area contributed by atoms with Crippen LogP contribution in [0, 0.1) is 0 Å². The molecule has 1 saturated heterocycles. The molecule has 0 bridgehead atoms. The van der Waals surface area contributed by atoms with Gasteiger partial charge in [-0.25, -0.2) is 15.0 Å². The van der Waals surface area contributed by atoms with Gasteiger partial charge >= 0.3 is 0 Å². The number of ether oxygens (including phenoxy) is 2. The lowest BCUT2D eigenvalue weighted by Gasteiger charge is -2.26. The molecule has 1 atom stereocenters. The number of rotatable bonds is 7. The van der Waals surface area contributed by atoms with E-state index < -0.39 is 0 Å². The predicted octanol–water partition coefficient (Wildman–Crippen LogP) is 3.38. The molecule has 2 N–H and O–H groups in total. The average molecular weight is 417 g/mol. The van der Waals surface area contributed by atoms with E-state index in [1.165, 1.54) is 0 Å². The Kier molecular flexibility index (Phi) is 5.09. The van der Waals surface area contributed by atoms with Crippen molar-refractivity contribution in [2.24, 2.45) is 7.05 Å². The maximum Gasteiger partial charge on any atom is 0.227 e. The number of hydrogen-bond donors (Lipinski definition) is 2. The summed E-state index contributed by atoms with van der Waals surface area (Å²) >= 11 is 0. The highest BCUT2D eigenvalue weighted by Crippen LogP contribution is 2.32. The van der Waals surface area contributed by atoms with Gasteiger partial charge in [0.1, 0.15) is 11.3 Å². The highest BCUT2D eigenvalue weighted by Gasteiger charge is 2.18. The van der Waals surface area contributed by atoms with Crippen LogP contribution in [0.1, 0.15) is 6.42 Å². The Morgan fingerprint density at radius 2 is 2.10 bits per heavy atom. The lowest BCUT2D eigenvalue weighted by atomic mass is 10.1. The summed E-state index contributed by atoms with van der Waals surface area (Å²) in [5.41, 5.74) is 3.57. The average Bonchev–Trinajstić information content (AvgIpc) is 3.19. The quantitative estimate of drug-likeness (QED) is 0.472. The van der Waals surface area contributed by atoms with Gasteiger partial charge in [0.2, 0.25) is 5.95 Å². The van der Waals surface area contributed by atoms with Crippen molar-refractivity contribution in [1.29, 1.82) is 0 Å². The smallest absolute Gasteiger partial charge is 0.227 e. The Morgan fingerprint density at radius 1 is 1.19 bits per heavy atom. The van der Waals surface area contributed by atoms with E-state index in [1.54, 1.807) is 24.2 Å². The third-order valence-electron chi connectivity index (χ3n) is 5.28. The third-order valence-corrected chi connectivity index (χ3v) is 5.28. The molecular weight excluding hydrogens is 394 g/mol. The zero-order chi connectivity index (χ0) is 21.2. The number of fused-ring (bicyclic) bond motifs is 1. The second-order valence-corrected chi connectivity index (χ2v) is 7.40. The van der Waals surface area contributed by atoms with Crippen LogP contribution in [0.3, 0.4) is 0 Å². The first-order valence-corrected chi connectivity index (χ1v) is 10.1. The lowest BCUT2D eigenvalue weighted by Crippen LogP contribution is -2.33. The van der Waals surface area contributed by atoms with E-state index >= 15 is 0 Å². The van der Waals surface area contributed by atoms with Gasteiger partial charge in [-0.3, -0.25) is 4.68 Å². The number of nitrogens with zero attached hydrogens (tertiary/aromatic N) is 5. The first-order chi connectivity index (χ1) is 15.2. The maximum atomic E-state index is 5.60. The summed E-state index contributed by atoms with van der Waals surface area (Å²) in [6.45, 7) is 1.54. The van der Waals surface area contributed by atoms with Gasteiger partial charge in [0.05, 0.1) is 25.1 Å². The first kappa shape index (κ1) is 19.3.